The summed E-state index contributed by atoms with van der Waals surface area (Å²) >= 11 is 0. The van der Waals surface area contributed by atoms with Crippen LogP contribution in [0.2, 0.25) is 0 Å². The average Bonchev–Trinajstić information content (AvgIpc) is 3.51. The number of hydrogen-bond donors (Lipinski definition) is 1. The van der Waals surface area contributed by atoms with Gasteiger partial charge >= 0.3 is 5.97 Å². The molecule has 2 aromatic rings. The molecule has 2 heterocycles. The van der Waals surface area contributed by atoms with Crippen molar-refractivity contribution in [3.63, 3.8) is 0 Å². The van der Waals surface area contributed by atoms with Crippen molar-refractivity contribution in [1.82, 2.24) is 9.13 Å². The fourth-order valence-electron chi connectivity index (χ4n) is 4.92. The van der Waals surface area contributed by atoms with E-state index in [1.807, 2.05) is 44.4 Å². The molecule has 0 aliphatic heterocycles. The van der Waals surface area contributed by atoms with Gasteiger partial charge in [0.25, 0.3) is 5.91 Å². The molecule has 8 nitrogen and oxygen atoms in total. The van der Waals surface area contributed by atoms with Crippen LogP contribution in [0.4, 0.5) is 5.82 Å². The summed E-state index contributed by atoms with van der Waals surface area (Å²) in [5.74, 6) is -0.957. The van der Waals surface area contributed by atoms with Crippen LogP contribution >= 0.6 is 0 Å². The largest absolute Gasteiger partial charge is 0.451 e. The molecule has 1 aliphatic carbocycles. The first-order valence-electron chi connectivity index (χ1n) is 12.1. The first-order chi connectivity index (χ1) is 16.7. The number of carbonyl (C=O) groups excluding carboxylic acids is 2. The standard InChI is InChI=1S/C27H33N5O3/c1-6-11-31-17(2)12-21(20(31)5)13-22(14-28)27(34)35-16-25(33)30-26-24(15-29)18(3)19(4)32(26)23-9-7-8-10-23/h12-13,23H,6-11,16H2,1-5H3,(H,30,33)/b22-13+. The molecule has 0 aromatic carbocycles. The fraction of sp³-hybridized carbons (Fsp3) is 0.481. The lowest BCUT2D eigenvalue weighted by atomic mass is 10.1. The van der Waals surface area contributed by atoms with E-state index in [4.69, 9.17) is 4.74 Å². The van der Waals surface area contributed by atoms with E-state index in [9.17, 15) is 20.1 Å². The van der Waals surface area contributed by atoms with Gasteiger partial charge in [-0.2, -0.15) is 10.5 Å². The molecule has 0 radical (unpaired) electrons. The second-order valence-electron chi connectivity index (χ2n) is 9.13. The minimum atomic E-state index is -0.859. The number of carbonyl (C=O) groups is 2. The van der Waals surface area contributed by atoms with E-state index in [2.05, 4.69) is 22.9 Å². The lowest BCUT2D eigenvalue weighted by Crippen LogP contribution is -2.24. The van der Waals surface area contributed by atoms with E-state index in [0.29, 0.717) is 11.4 Å². The molecule has 2 aromatic heterocycles. The first kappa shape index (κ1) is 25.8. The second-order valence-corrected chi connectivity index (χ2v) is 9.13. The van der Waals surface area contributed by atoms with Gasteiger partial charge in [0.1, 0.15) is 23.5 Å². The Labute approximate surface area is 206 Å². The second kappa shape index (κ2) is 11.1. The van der Waals surface area contributed by atoms with Gasteiger partial charge in [0.2, 0.25) is 0 Å². The van der Waals surface area contributed by atoms with Crippen LogP contribution in [-0.2, 0) is 20.9 Å². The van der Waals surface area contributed by atoms with Crippen LogP contribution in [0.15, 0.2) is 11.6 Å². The van der Waals surface area contributed by atoms with Crippen LogP contribution in [0.5, 0.6) is 0 Å². The van der Waals surface area contributed by atoms with Crippen LogP contribution in [0, 0.1) is 50.4 Å². The zero-order valence-electron chi connectivity index (χ0n) is 21.2. The zero-order valence-corrected chi connectivity index (χ0v) is 21.2. The van der Waals surface area contributed by atoms with Gasteiger partial charge in [-0.25, -0.2) is 4.79 Å². The molecule has 0 saturated heterocycles. The van der Waals surface area contributed by atoms with Crippen LogP contribution in [0.3, 0.4) is 0 Å². The lowest BCUT2D eigenvalue weighted by molar-refractivity contribution is -0.142. The maximum Gasteiger partial charge on any atom is 0.349 e. The number of nitrogens with one attached hydrogen (secondary N) is 1. The Morgan fingerprint density at radius 3 is 2.46 bits per heavy atom. The van der Waals surface area contributed by atoms with Crippen molar-refractivity contribution in [2.45, 2.75) is 79.3 Å². The predicted octanol–water partition coefficient (Wildman–Crippen LogP) is 5.01. The van der Waals surface area contributed by atoms with Crippen LogP contribution in [0.25, 0.3) is 6.08 Å². The van der Waals surface area contributed by atoms with Gasteiger partial charge in [0.15, 0.2) is 6.61 Å². The van der Waals surface area contributed by atoms with Crippen molar-refractivity contribution in [2.75, 3.05) is 11.9 Å². The van der Waals surface area contributed by atoms with Gasteiger partial charge in [0, 0.05) is 29.7 Å². The van der Waals surface area contributed by atoms with E-state index in [1.54, 1.807) is 0 Å². The monoisotopic (exact) mass is 475 g/mol. The number of hydrogen-bond acceptors (Lipinski definition) is 5. The molecule has 1 fully saturated rings. The van der Waals surface area contributed by atoms with E-state index >= 15 is 0 Å². The Morgan fingerprint density at radius 2 is 1.86 bits per heavy atom. The lowest BCUT2D eigenvalue weighted by Gasteiger charge is -2.19. The predicted molar refractivity (Wildman–Crippen MR) is 134 cm³/mol. The maximum atomic E-state index is 12.7. The Bertz CT molecular complexity index is 1240. The Hall–Kier alpha value is -3.78. The SMILES string of the molecule is CCCn1c(C)cc(/C=C(\C#N)C(=O)OCC(=O)Nc2c(C#N)c(C)c(C)n2C2CCCC2)c1C. The summed E-state index contributed by atoms with van der Waals surface area (Å²) in [5.41, 5.74) is 4.82. The molecular formula is C27H33N5O3. The molecule has 184 valence electrons. The number of nitrogens with zero attached hydrogens (tertiary/aromatic N) is 4. The van der Waals surface area contributed by atoms with Gasteiger partial charge in [0.05, 0.1) is 5.56 Å². The highest BCUT2D eigenvalue weighted by Crippen LogP contribution is 2.37. The molecule has 0 atom stereocenters. The maximum absolute atomic E-state index is 12.7. The molecule has 1 N–H and O–H groups in total. The average molecular weight is 476 g/mol. The van der Waals surface area contributed by atoms with E-state index in [1.165, 1.54) is 6.08 Å². The Kier molecular flexibility index (Phi) is 8.19. The summed E-state index contributed by atoms with van der Waals surface area (Å²) in [6.07, 6.45) is 6.68. The number of anilines is 1. The van der Waals surface area contributed by atoms with Gasteiger partial charge in [-0.05, 0) is 70.2 Å². The number of aryl methyl sites for hydroxylation is 1. The third-order valence-corrected chi connectivity index (χ3v) is 6.85. The van der Waals surface area contributed by atoms with Crippen molar-refractivity contribution in [3.05, 3.63) is 45.4 Å². The third-order valence-electron chi connectivity index (χ3n) is 6.85. The van der Waals surface area contributed by atoms with Gasteiger partial charge in [-0.3, -0.25) is 4.79 Å². The van der Waals surface area contributed by atoms with Crippen LogP contribution < -0.4 is 5.32 Å². The minimum Gasteiger partial charge on any atom is -0.451 e. The van der Waals surface area contributed by atoms with Crippen molar-refractivity contribution in [1.29, 1.82) is 10.5 Å². The Morgan fingerprint density at radius 1 is 1.17 bits per heavy atom. The molecule has 0 spiro atoms. The first-order valence-corrected chi connectivity index (χ1v) is 12.1. The molecular weight excluding hydrogens is 442 g/mol. The normalized spacial score (nSPS) is 14.0. The zero-order chi connectivity index (χ0) is 25.7. The highest BCUT2D eigenvalue weighted by Gasteiger charge is 2.27. The molecule has 1 amide bonds. The summed E-state index contributed by atoms with van der Waals surface area (Å²) < 4.78 is 9.33. The highest BCUT2D eigenvalue weighted by atomic mass is 16.5. The number of esters is 1. The molecule has 1 saturated carbocycles. The quantitative estimate of drug-likeness (QED) is 0.328. The van der Waals surface area contributed by atoms with Crippen molar-refractivity contribution in [2.24, 2.45) is 0 Å². The topological polar surface area (TPSA) is 113 Å². The molecule has 1 aliphatic rings. The molecule has 0 unspecified atom stereocenters. The summed E-state index contributed by atoms with van der Waals surface area (Å²) in [7, 11) is 0. The number of amides is 1. The number of rotatable bonds is 8. The van der Waals surface area contributed by atoms with E-state index in [-0.39, 0.29) is 11.6 Å². The van der Waals surface area contributed by atoms with Crippen LogP contribution in [-0.4, -0.2) is 27.6 Å². The molecule has 35 heavy (non-hydrogen) atoms. The molecule has 0 bridgehead atoms. The van der Waals surface area contributed by atoms with Crippen molar-refractivity contribution >= 4 is 23.8 Å². The van der Waals surface area contributed by atoms with Crippen molar-refractivity contribution < 1.29 is 14.3 Å². The number of ether oxygens (including phenoxy) is 1. The van der Waals surface area contributed by atoms with Gasteiger partial charge in [-0.15, -0.1) is 0 Å². The highest BCUT2D eigenvalue weighted by molar-refractivity contribution is 6.00. The van der Waals surface area contributed by atoms with Crippen LogP contribution in [0.1, 0.15) is 78.8 Å². The smallest absolute Gasteiger partial charge is 0.349 e. The molecule has 3 rings (SSSR count). The minimum absolute atomic E-state index is 0.173. The summed E-state index contributed by atoms with van der Waals surface area (Å²) in [5, 5.41) is 22.0. The number of nitriles is 2. The van der Waals surface area contributed by atoms with Crippen molar-refractivity contribution in [3.8, 4) is 12.1 Å². The third kappa shape index (κ3) is 5.33. The van der Waals surface area contributed by atoms with Gasteiger partial charge < -0.3 is 19.2 Å². The summed E-state index contributed by atoms with van der Waals surface area (Å²) in [4.78, 5) is 25.3. The molecule has 8 heteroatoms. The number of aromatic nitrogens is 2. The van der Waals surface area contributed by atoms with E-state index in [0.717, 1.165) is 66.9 Å². The van der Waals surface area contributed by atoms with E-state index < -0.39 is 18.5 Å². The Balaban J connectivity index is 1.73. The van der Waals surface area contributed by atoms with Gasteiger partial charge in [-0.1, -0.05) is 19.8 Å². The summed E-state index contributed by atoms with van der Waals surface area (Å²) in [6.45, 7) is 10.1. The fourth-order valence-corrected chi connectivity index (χ4v) is 4.92. The summed E-state index contributed by atoms with van der Waals surface area (Å²) in [6, 6.07) is 6.24.